The van der Waals surface area contributed by atoms with Crippen molar-refractivity contribution in [3.63, 3.8) is 0 Å². The van der Waals surface area contributed by atoms with E-state index in [0.29, 0.717) is 30.1 Å². The molecular weight excluding hydrogens is 326 g/mol. The van der Waals surface area contributed by atoms with E-state index in [1.54, 1.807) is 24.3 Å². The molecule has 2 amide bonds. The summed E-state index contributed by atoms with van der Waals surface area (Å²) < 4.78 is 0. The van der Waals surface area contributed by atoms with Gasteiger partial charge in [-0.3, -0.25) is 9.59 Å². The van der Waals surface area contributed by atoms with Gasteiger partial charge >= 0.3 is 0 Å². The van der Waals surface area contributed by atoms with Gasteiger partial charge in [-0.05, 0) is 29.8 Å². The molecule has 0 fully saturated rings. The van der Waals surface area contributed by atoms with Crippen LogP contribution in [-0.2, 0) is 11.2 Å². The predicted molar refractivity (Wildman–Crippen MR) is 94.9 cm³/mol. The van der Waals surface area contributed by atoms with E-state index >= 15 is 0 Å². The quantitative estimate of drug-likeness (QED) is 0.715. The van der Waals surface area contributed by atoms with E-state index in [1.807, 2.05) is 30.3 Å². The predicted octanol–water partition coefficient (Wildman–Crippen LogP) is 1.76. The average Bonchev–Trinajstić information content (AvgIpc) is 2.60. The summed E-state index contributed by atoms with van der Waals surface area (Å²) in [5, 5.41) is 6.04. The standard InChI is InChI=1S/C18H20ClN3O2/c19-15-8-6-14(7-9-15)17(23)22-16(18(24)21-11-10-20)12-13-4-2-1-3-5-13/h1-9,16H,10-12,20H2,(H,21,24)(H,22,23)/t16-/m1/s1. The molecule has 0 bridgehead atoms. The van der Waals surface area contributed by atoms with Gasteiger partial charge in [0.2, 0.25) is 5.91 Å². The number of rotatable bonds is 7. The van der Waals surface area contributed by atoms with E-state index in [4.69, 9.17) is 17.3 Å². The first kappa shape index (κ1) is 18.0. The van der Waals surface area contributed by atoms with Crippen LogP contribution in [0.1, 0.15) is 15.9 Å². The van der Waals surface area contributed by atoms with Crippen LogP contribution in [0.4, 0.5) is 0 Å². The molecule has 24 heavy (non-hydrogen) atoms. The van der Waals surface area contributed by atoms with E-state index in [1.165, 1.54) is 0 Å². The van der Waals surface area contributed by atoms with Gasteiger partial charge in [-0.1, -0.05) is 41.9 Å². The zero-order chi connectivity index (χ0) is 17.4. The SMILES string of the molecule is NCCNC(=O)[C@@H](Cc1ccccc1)NC(=O)c1ccc(Cl)cc1. The minimum absolute atomic E-state index is 0.258. The second-order valence-electron chi connectivity index (χ2n) is 5.30. The number of hydrogen-bond donors (Lipinski definition) is 3. The maximum atomic E-state index is 12.4. The van der Waals surface area contributed by atoms with Gasteiger partial charge < -0.3 is 16.4 Å². The Morgan fingerprint density at radius 1 is 1.04 bits per heavy atom. The molecule has 0 heterocycles. The summed E-state index contributed by atoms with van der Waals surface area (Å²) in [4.78, 5) is 24.7. The second kappa shape index (κ2) is 9.05. The van der Waals surface area contributed by atoms with Crippen LogP contribution in [0.25, 0.3) is 0 Å². The summed E-state index contributed by atoms with van der Waals surface area (Å²) in [6, 6.07) is 15.4. The van der Waals surface area contributed by atoms with Crippen molar-refractivity contribution >= 4 is 23.4 Å². The molecule has 0 spiro atoms. The van der Waals surface area contributed by atoms with Crippen LogP contribution < -0.4 is 16.4 Å². The molecule has 2 aromatic rings. The average molecular weight is 346 g/mol. The van der Waals surface area contributed by atoms with E-state index < -0.39 is 6.04 Å². The van der Waals surface area contributed by atoms with E-state index in [9.17, 15) is 9.59 Å². The van der Waals surface area contributed by atoms with E-state index in [-0.39, 0.29) is 11.8 Å². The fraction of sp³-hybridized carbons (Fsp3) is 0.222. The fourth-order valence-corrected chi connectivity index (χ4v) is 2.35. The maximum Gasteiger partial charge on any atom is 0.251 e. The molecule has 5 nitrogen and oxygen atoms in total. The lowest BCUT2D eigenvalue weighted by molar-refractivity contribution is -0.122. The second-order valence-corrected chi connectivity index (χ2v) is 5.74. The zero-order valence-electron chi connectivity index (χ0n) is 13.2. The molecule has 0 aromatic heterocycles. The molecule has 0 aliphatic rings. The molecule has 0 saturated carbocycles. The van der Waals surface area contributed by atoms with Gasteiger partial charge in [0.15, 0.2) is 0 Å². The lowest BCUT2D eigenvalue weighted by Gasteiger charge is -2.18. The molecule has 6 heteroatoms. The number of amides is 2. The molecule has 1 atom stereocenters. The van der Waals surface area contributed by atoms with Gasteiger partial charge in [-0.2, -0.15) is 0 Å². The van der Waals surface area contributed by atoms with Gasteiger partial charge in [-0.25, -0.2) is 0 Å². The Hall–Kier alpha value is -2.37. The Balaban J connectivity index is 2.10. The van der Waals surface area contributed by atoms with Crippen LogP contribution in [0, 0.1) is 0 Å². The Bertz CT molecular complexity index is 674. The van der Waals surface area contributed by atoms with Gasteiger partial charge in [0.25, 0.3) is 5.91 Å². The van der Waals surface area contributed by atoms with Crippen LogP contribution in [0.3, 0.4) is 0 Å². The van der Waals surface area contributed by atoms with Crippen molar-refractivity contribution in [3.8, 4) is 0 Å². The summed E-state index contributed by atoms with van der Waals surface area (Å²) in [5.41, 5.74) is 6.83. The third-order valence-electron chi connectivity index (χ3n) is 3.45. The minimum Gasteiger partial charge on any atom is -0.353 e. The van der Waals surface area contributed by atoms with Crippen molar-refractivity contribution in [1.82, 2.24) is 10.6 Å². The zero-order valence-corrected chi connectivity index (χ0v) is 13.9. The molecule has 4 N–H and O–H groups in total. The van der Waals surface area contributed by atoms with Crippen LogP contribution >= 0.6 is 11.6 Å². The number of hydrogen-bond acceptors (Lipinski definition) is 3. The van der Waals surface area contributed by atoms with Gasteiger partial charge in [-0.15, -0.1) is 0 Å². The Morgan fingerprint density at radius 3 is 2.33 bits per heavy atom. The highest BCUT2D eigenvalue weighted by atomic mass is 35.5. The van der Waals surface area contributed by atoms with Crippen molar-refractivity contribution in [1.29, 1.82) is 0 Å². The third kappa shape index (κ3) is 5.37. The van der Waals surface area contributed by atoms with Gasteiger partial charge in [0.05, 0.1) is 0 Å². The first-order valence-corrected chi connectivity index (χ1v) is 8.06. The molecule has 0 aliphatic carbocycles. The van der Waals surface area contributed by atoms with Crippen molar-refractivity contribution < 1.29 is 9.59 Å². The van der Waals surface area contributed by atoms with E-state index in [0.717, 1.165) is 5.56 Å². The highest BCUT2D eigenvalue weighted by Gasteiger charge is 2.21. The summed E-state index contributed by atoms with van der Waals surface area (Å²) in [6.45, 7) is 0.704. The Labute approximate surface area is 146 Å². The molecule has 0 saturated heterocycles. The number of carbonyl (C=O) groups excluding carboxylic acids is 2. The number of nitrogens with one attached hydrogen (secondary N) is 2. The summed E-state index contributed by atoms with van der Waals surface area (Å²) >= 11 is 5.83. The summed E-state index contributed by atoms with van der Waals surface area (Å²) in [5.74, 6) is -0.581. The highest BCUT2D eigenvalue weighted by molar-refractivity contribution is 6.30. The Morgan fingerprint density at radius 2 is 1.71 bits per heavy atom. The molecule has 2 aromatic carbocycles. The molecular formula is C18H20ClN3O2. The molecule has 2 rings (SSSR count). The molecule has 126 valence electrons. The maximum absolute atomic E-state index is 12.4. The monoisotopic (exact) mass is 345 g/mol. The smallest absolute Gasteiger partial charge is 0.251 e. The van der Waals surface area contributed by atoms with Crippen LogP contribution in [0.5, 0.6) is 0 Å². The van der Waals surface area contributed by atoms with Crippen molar-refractivity contribution in [3.05, 3.63) is 70.7 Å². The highest BCUT2D eigenvalue weighted by Crippen LogP contribution is 2.10. The van der Waals surface area contributed by atoms with Crippen LogP contribution in [0.15, 0.2) is 54.6 Å². The van der Waals surface area contributed by atoms with Gasteiger partial charge in [0.1, 0.15) is 6.04 Å². The number of halogens is 1. The van der Waals surface area contributed by atoms with E-state index in [2.05, 4.69) is 10.6 Å². The van der Waals surface area contributed by atoms with Crippen molar-refractivity contribution in [2.45, 2.75) is 12.5 Å². The number of nitrogens with two attached hydrogens (primary N) is 1. The minimum atomic E-state index is -0.679. The molecule has 0 radical (unpaired) electrons. The summed E-state index contributed by atoms with van der Waals surface area (Å²) in [6.07, 6.45) is 0.399. The molecule has 0 aliphatic heterocycles. The number of benzene rings is 2. The van der Waals surface area contributed by atoms with Crippen molar-refractivity contribution in [2.75, 3.05) is 13.1 Å². The first-order chi connectivity index (χ1) is 11.6. The lowest BCUT2D eigenvalue weighted by atomic mass is 10.0. The largest absolute Gasteiger partial charge is 0.353 e. The normalized spacial score (nSPS) is 11.6. The van der Waals surface area contributed by atoms with Gasteiger partial charge in [0, 0.05) is 30.1 Å². The van der Waals surface area contributed by atoms with Crippen molar-refractivity contribution in [2.24, 2.45) is 5.73 Å². The lowest BCUT2D eigenvalue weighted by Crippen LogP contribution is -2.48. The number of carbonyl (C=O) groups is 2. The van der Waals surface area contributed by atoms with Crippen LogP contribution in [0.2, 0.25) is 5.02 Å². The summed E-state index contributed by atoms with van der Waals surface area (Å²) in [7, 11) is 0. The first-order valence-electron chi connectivity index (χ1n) is 7.68. The Kier molecular flexibility index (Phi) is 6.78. The fourth-order valence-electron chi connectivity index (χ4n) is 2.22. The van der Waals surface area contributed by atoms with Crippen LogP contribution in [-0.4, -0.2) is 30.9 Å². The molecule has 0 unspecified atom stereocenters. The third-order valence-corrected chi connectivity index (χ3v) is 3.71. The topological polar surface area (TPSA) is 84.2 Å².